The zero-order valence-electron chi connectivity index (χ0n) is 8.91. The van der Waals surface area contributed by atoms with Crippen LogP contribution in [0.5, 0.6) is 0 Å². The van der Waals surface area contributed by atoms with Crippen molar-refractivity contribution in [3.63, 3.8) is 0 Å². The Hall–Kier alpha value is -0.920. The van der Waals surface area contributed by atoms with Crippen LogP contribution in [0.3, 0.4) is 0 Å². The Morgan fingerprint density at radius 2 is 1.36 bits per heavy atom. The highest BCUT2D eigenvalue weighted by Crippen LogP contribution is 2.42. The molecule has 1 saturated carbocycles. The summed E-state index contributed by atoms with van der Waals surface area (Å²) in [6.07, 6.45) is 16.5. The van der Waals surface area contributed by atoms with Crippen LogP contribution in [0.25, 0.3) is 0 Å². The fraction of sp³-hybridized carbons (Fsp3) is 0.667. The quantitative estimate of drug-likeness (QED) is 0.723. The second-order valence-electron chi connectivity index (χ2n) is 4.33. The lowest BCUT2D eigenvalue weighted by atomic mass is 9.70. The third-order valence-corrected chi connectivity index (χ3v) is 3.29. The van der Waals surface area contributed by atoms with E-state index in [1.165, 1.54) is 32.1 Å². The molecular weight excluding hydrogens is 172 g/mol. The maximum absolute atomic E-state index is 5.41. The minimum Gasteiger partial charge on any atom is -0.405 e. The molecule has 0 aliphatic heterocycles. The zero-order valence-corrected chi connectivity index (χ0v) is 8.91. The van der Waals surface area contributed by atoms with Crippen molar-refractivity contribution < 1.29 is 0 Å². The maximum atomic E-state index is 5.41. The third kappa shape index (κ3) is 3.09. The lowest BCUT2D eigenvalue weighted by Crippen LogP contribution is -2.23. The summed E-state index contributed by atoms with van der Waals surface area (Å²) < 4.78 is 0. The Kier molecular flexibility index (Phi) is 4.57. The number of hydrogen-bond donors (Lipinski definition) is 2. The topological polar surface area (TPSA) is 52.0 Å². The van der Waals surface area contributed by atoms with Crippen LogP contribution in [0.15, 0.2) is 24.6 Å². The van der Waals surface area contributed by atoms with Crippen LogP contribution in [-0.4, -0.2) is 0 Å². The molecule has 0 radical (unpaired) electrons. The predicted octanol–water partition coefficient (Wildman–Crippen LogP) is 2.66. The van der Waals surface area contributed by atoms with Gasteiger partial charge >= 0.3 is 0 Å². The Bertz CT molecular complexity index is 184. The molecule has 0 heterocycles. The van der Waals surface area contributed by atoms with Crippen molar-refractivity contribution in [3.8, 4) is 0 Å². The van der Waals surface area contributed by atoms with Crippen molar-refractivity contribution in [3.05, 3.63) is 24.6 Å². The van der Waals surface area contributed by atoms with E-state index in [2.05, 4.69) is 12.2 Å². The van der Waals surface area contributed by atoms with Crippen molar-refractivity contribution in [1.82, 2.24) is 0 Å². The van der Waals surface area contributed by atoms with Crippen LogP contribution >= 0.6 is 0 Å². The van der Waals surface area contributed by atoms with Gasteiger partial charge in [0.15, 0.2) is 0 Å². The summed E-state index contributed by atoms with van der Waals surface area (Å²) in [6.45, 7) is 0. The molecule has 1 aliphatic carbocycles. The maximum Gasteiger partial charge on any atom is -0.0103 e. The van der Waals surface area contributed by atoms with Crippen molar-refractivity contribution in [2.24, 2.45) is 16.9 Å². The van der Waals surface area contributed by atoms with Gasteiger partial charge in [-0.15, -0.1) is 0 Å². The second-order valence-corrected chi connectivity index (χ2v) is 4.33. The first-order valence-electron chi connectivity index (χ1n) is 5.56. The minimum atomic E-state index is 0.448. The molecule has 0 aromatic rings. The summed E-state index contributed by atoms with van der Waals surface area (Å²) in [4.78, 5) is 0. The molecule has 0 saturated heterocycles. The molecular formula is C12H22N2. The van der Waals surface area contributed by atoms with Gasteiger partial charge in [0.05, 0.1) is 0 Å². The first-order chi connectivity index (χ1) is 6.83. The van der Waals surface area contributed by atoms with Gasteiger partial charge in [0, 0.05) is 0 Å². The van der Waals surface area contributed by atoms with E-state index in [0.717, 1.165) is 12.8 Å². The average Bonchev–Trinajstić information content (AvgIpc) is 2.25. The van der Waals surface area contributed by atoms with E-state index in [1.807, 2.05) is 0 Å². The Labute approximate surface area is 87.0 Å². The van der Waals surface area contributed by atoms with Gasteiger partial charge in [-0.25, -0.2) is 0 Å². The molecule has 0 unspecified atom stereocenters. The highest BCUT2D eigenvalue weighted by atomic mass is 14.5. The van der Waals surface area contributed by atoms with Gasteiger partial charge in [0.2, 0.25) is 0 Å². The highest BCUT2D eigenvalue weighted by molar-refractivity contribution is 4.96. The lowest BCUT2D eigenvalue weighted by Gasteiger charge is -2.35. The predicted molar refractivity (Wildman–Crippen MR) is 61.4 cm³/mol. The average molecular weight is 194 g/mol. The molecule has 4 N–H and O–H groups in total. The fourth-order valence-corrected chi connectivity index (χ4v) is 2.43. The first kappa shape index (κ1) is 11.2. The number of rotatable bonds is 4. The lowest BCUT2D eigenvalue weighted by molar-refractivity contribution is 0.194. The molecule has 0 atom stereocenters. The summed E-state index contributed by atoms with van der Waals surface area (Å²) >= 11 is 0. The van der Waals surface area contributed by atoms with Crippen LogP contribution < -0.4 is 11.5 Å². The molecule has 1 aliphatic rings. The van der Waals surface area contributed by atoms with E-state index in [-0.39, 0.29) is 0 Å². The first-order valence-corrected chi connectivity index (χ1v) is 5.56. The standard InChI is InChI=1S/C12H22N2/c13-10-4-8-12(9-5-11-14)6-2-1-3-7-12/h4-5,10-11H,1-3,6-9,13-14H2. The smallest absolute Gasteiger partial charge is 0.0103 e. The monoisotopic (exact) mass is 194 g/mol. The van der Waals surface area contributed by atoms with Crippen LogP contribution in [0.2, 0.25) is 0 Å². The van der Waals surface area contributed by atoms with E-state index >= 15 is 0 Å². The van der Waals surface area contributed by atoms with E-state index in [4.69, 9.17) is 11.5 Å². The Morgan fingerprint density at radius 3 is 1.79 bits per heavy atom. The summed E-state index contributed by atoms with van der Waals surface area (Å²) in [5.41, 5.74) is 11.3. The van der Waals surface area contributed by atoms with Crippen molar-refractivity contribution >= 4 is 0 Å². The molecule has 0 amide bonds. The Morgan fingerprint density at radius 1 is 0.857 bits per heavy atom. The molecule has 1 fully saturated rings. The van der Waals surface area contributed by atoms with Crippen LogP contribution in [0.1, 0.15) is 44.9 Å². The molecule has 0 spiro atoms. The van der Waals surface area contributed by atoms with Crippen molar-refractivity contribution in [1.29, 1.82) is 0 Å². The van der Waals surface area contributed by atoms with Gasteiger partial charge in [-0.05, 0) is 43.5 Å². The molecule has 1 rings (SSSR count). The van der Waals surface area contributed by atoms with E-state index in [0.29, 0.717) is 5.41 Å². The van der Waals surface area contributed by atoms with E-state index in [9.17, 15) is 0 Å². The highest BCUT2D eigenvalue weighted by Gasteiger charge is 2.29. The molecule has 0 aromatic carbocycles. The van der Waals surface area contributed by atoms with Crippen LogP contribution in [0, 0.1) is 5.41 Å². The van der Waals surface area contributed by atoms with Crippen LogP contribution in [0.4, 0.5) is 0 Å². The minimum absolute atomic E-state index is 0.448. The third-order valence-electron chi connectivity index (χ3n) is 3.29. The second kappa shape index (κ2) is 5.74. The van der Waals surface area contributed by atoms with Gasteiger partial charge in [-0.2, -0.15) is 0 Å². The van der Waals surface area contributed by atoms with Crippen molar-refractivity contribution in [2.45, 2.75) is 44.9 Å². The van der Waals surface area contributed by atoms with Crippen molar-refractivity contribution in [2.75, 3.05) is 0 Å². The fourth-order valence-electron chi connectivity index (χ4n) is 2.43. The number of nitrogens with two attached hydrogens (primary N) is 2. The largest absolute Gasteiger partial charge is 0.405 e. The van der Waals surface area contributed by atoms with Crippen LogP contribution in [-0.2, 0) is 0 Å². The number of hydrogen-bond acceptors (Lipinski definition) is 2. The molecule has 80 valence electrons. The molecule has 2 nitrogen and oxygen atoms in total. The Balaban J connectivity index is 2.56. The molecule has 14 heavy (non-hydrogen) atoms. The zero-order chi connectivity index (χ0) is 10.3. The summed E-state index contributed by atoms with van der Waals surface area (Å²) in [7, 11) is 0. The van der Waals surface area contributed by atoms with E-state index in [1.54, 1.807) is 12.4 Å². The normalized spacial score (nSPS) is 22.0. The van der Waals surface area contributed by atoms with Gasteiger partial charge < -0.3 is 11.5 Å². The van der Waals surface area contributed by atoms with Gasteiger partial charge in [-0.3, -0.25) is 0 Å². The number of allylic oxidation sites excluding steroid dienone is 2. The molecule has 2 heteroatoms. The summed E-state index contributed by atoms with van der Waals surface area (Å²) in [6, 6.07) is 0. The molecule has 0 bridgehead atoms. The molecule has 0 aromatic heterocycles. The SMILES string of the molecule is NC=CCC1(CC=CN)CCCCC1. The van der Waals surface area contributed by atoms with E-state index < -0.39 is 0 Å². The van der Waals surface area contributed by atoms with Gasteiger partial charge in [0.25, 0.3) is 0 Å². The summed E-state index contributed by atoms with van der Waals surface area (Å²) in [5, 5.41) is 0. The van der Waals surface area contributed by atoms with Gasteiger partial charge in [0.1, 0.15) is 0 Å². The van der Waals surface area contributed by atoms with Gasteiger partial charge in [-0.1, -0.05) is 31.4 Å². The summed E-state index contributed by atoms with van der Waals surface area (Å²) in [5.74, 6) is 0.